The molecule has 0 radical (unpaired) electrons. The predicted molar refractivity (Wildman–Crippen MR) is 162 cm³/mol. The molecule has 7 rings (SSSR count). The summed E-state index contributed by atoms with van der Waals surface area (Å²) in [7, 11) is 0. The Morgan fingerprint density at radius 2 is 1.83 bits per heavy atom. The first-order valence-electron chi connectivity index (χ1n) is 15.3. The maximum atomic E-state index is 13.4. The standard InChI is InChI=1S/C34H39N5O3/c1-21(2)15-32(31-5-3-4-14-35-31)36-34(40)23-8-13-30-29(16-23)33(38-37-30)22-6-11-27(12-7-22)42-28-17-24-9-10-25(18-28)39(24)26-19-41-20-26/h3-8,11-14,16,21,24-26,28,32H,9-10,15,17-20H2,1-2H3,(H,36,40)(H,37,38). The number of rotatable bonds is 9. The number of aromatic amines is 1. The molecule has 2 bridgehead atoms. The van der Waals surface area contributed by atoms with Crippen molar-refractivity contribution in [3.63, 3.8) is 0 Å². The minimum absolute atomic E-state index is 0.117. The highest BCUT2D eigenvalue weighted by Gasteiger charge is 2.46. The number of nitrogens with one attached hydrogen (secondary N) is 2. The second-order valence-corrected chi connectivity index (χ2v) is 12.5. The van der Waals surface area contributed by atoms with E-state index in [1.54, 1.807) is 6.20 Å². The Kier molecular flexibility index (Phi) is 7.42. The molecule has 42 heavy (non-hydrogen) atoms. The molecule has 3 unspecified atom stereocenters. The number of piperidine rings is 1. The third-order valence-electron chi connectivity index (χ3n) is 9.10. The van der Waals surface area contributed by atoms with E-state index in [-0.39, 0.29) is 18.1 Å². The Morgan fingerprint density at radius 1 is 1.05 bits per heavy atom. The third kappa shape index (κ3) is 5.41. The number of benzene rings is 2. The van der Waals surface area contributed by atoms with Gasteiger partial charge in [-0.05, 0) is 92.6 Å². The molecule has 1 amide bonds. The lowest BCUT2D eigenvalue weighted by Crippen LogP contribution is -2.57. The van der Waals surface area contributed by atoms with Crippen molar-refractivity contribution in [2.45, 2.75) is 76.2 Å². The van der Waals surface area contributed by atoms with Crippen molar-refractivity contribution in [3.8, 4) is 17.0 Å². The van der Waals surface area contributed by atoms with Gasteiger partial charge < -0.3 is 14.8 Å². The molecule has 2 N–H and O–H groups in total. The van der Waals surface area contributed by atoms with E-state index >= 15 is 0 Å². The molecule has 5 heterocycles. The van der Waals surface area contributed by atoms with Crippen LogP contribution in [0.2, 0.25) is 0 Å². The molecular weight excluding hydrogens is 526 g/mol. The lowest BCUT2D eigenvalue weighted by molar-refractivity contribution is -0.102. The summed E-state index contributed by atoms with van der Waals surface area (Å²) in [5.74, 6) is 1.20. The highest BCUT2D eigenvalue weighted by Crippen LogP contribution is 2.40. The van der Waals surface area contributed by atoms with Gasteiger partial charge in [-0.15, -0.1) is 0 Å². The number of hydrogen-bond donors (Lipinski definition) is 2. The van der Waals surface area contributed by atoms with Gasteiger partial charge in [-0.1, -0.05) is 19.9 Å². The average Bonchev–Trinajstić information content (AvgIpc) is 3.49. The second-order valence-electron chi connectivity index (χ2n) is 12.5. The lowest BCUT2D eigenvalue weighted by Gasteiger charge is -2.46. The van der Waals surface area contributed by atoms with Crippen LogP contribution in [0.5, 0.6) is 5.75 Å². The number of carbonyl (C=O) groups excluding carboxylic acids is 1. The molecule has 3 fully saturated rings. The normalized spacial score (nSPS) is 23.2. The molecule has 0 saturated carbocycles. The number of fused-ring (bicyclic) bond motifs is 3. The van der Waals surface area contributed by atoms with Crippen molar-refractivity contribution in [2.24, 2.45) is 5.92 Å². The third-order valence-corrected chi connectivity index (χ3v) is 9.10. The number of carbonyl (C=O) groups is 1. The Balaban J connectivity index is 1.05. The molecular formula is C34H39N5O3. The highest BCUT2D eigenvalue weighted by atomic mass is 16.5. The van der Waals surface area contributed by atoms with E-state index in [1.807, 2.05) is 48.5 Å². The van der Waals surface area contributed by atoms with Crippen LogP contribution in [0.3, 0.4) is 0 Å². The number of nitrogens with zero attached hydrogens (tertiary/aromatic N) is 3. The van der Waals surface area contributed by atoms with Gasteiger partial charge in [-0.3, -0.25) is 19.8 Å². The van der Waals surface area contributed by atoms with E-state index in [4.69, 9.17) is 9.47 Å². The van der Waals surface area contributed by atoms with Crippen molar-refractivity contribution in [1.29, 1.82) is 0 Å². The van der Waals surface area contributed by atoms with E-state index in [9.17, 15) is 4.79 Å². The summed E-state index contributed by atoms with van der Waals surface area (Å²) >= 11 is 0. The quantitative estimate of drug-likeness (QED) is 0.262. The molecule has 8 heteroatoms. The number of ether oxygens (including phenoxy) is 2. The Labute approximate surface area is 246 Å². The summed E-state index contributed by atoms with van der Waals surface area (Å²) in [5, 5.41) is 11.9. The van der Waals surface area contributed by atoms with Crippen LogP contribution in [0, 0.1) is 5.92 Å². The maximum Gasteiger partial charge on any atom is 0.251 e. The molecule has 0 aliphatic carbocycles. The fourth-order valence-corrected chi connectivity index (χ4v) is 7.06. The van der Waals surface area contributed by atoms with E-state index < -0.39 is 0 Å². The summed E-state index contributed by atoms with van der Waals surface area (Å²) in [6.45, 7) is 6.08. The van der Waals surface area contributed by atoms with Crippen LogP contribution >= 0.6 is 0 Å². The maximum absolute atomic E-state index is 13.4. The summed E-state index contributed by atoms with van der Waals surface area (Å²) in [6, 6.07) is 21.4. The van der Waals surface area contributed by atoms with Gasteiger partial charge in [0, 0.05) is 34.8 Å². The summed E-state index contributed by atoms with van der Waals surface area (Å²) < 4.78 is 11.9. The first kappa shape index (κ1) is 27.1. The fourth-order valence-electron chi connectivity index (χ4n) is 7.06. The first-order valence-corrected chi connectivity index (χ1v) is 15.3. The molecule has 3 aliphatic rings. The van der Waals surface area contributed by atoms with Crippen molar-refractivity contribution in [3.05, 3.63) is 78.1 Å². The Hall–Kier alpha value is -3.75. The fraction of sp³-hybridized carbons (Fsp3) is 0.441. The zero-order valence-corrected chi connectivity index (χ0v) is 24.3. The minimum atomic E-state index is -0.152. The van der Waals surface area contributed by atoms with Gasteiger partial charge in [0.1, 0.15) is 11.9 Å². The van der Waals surface area contributed by atoms with Gasteiger partial charge in [-0.25, -0.2) is 0 Å². The first-order chi connectivity index (χ1) is 20.5. The molecule has 3 atom stereocenters. The monoisotopic (exact) mass is 565 g/mol. The molecule has 0 spiro atoms. The van der Waals surface area contributed by atoms with Crippen molar-refractivity contribution in [1.82, 2.24) is 25.4 Å². The smallest absolute Gasteiger partial charge is 0.251 e. The summed E-state index contributed by atoms with van der Waals surface area (Å²) in [5.41, 5.74) is 4.17. The Bertz CT molecular complexity index is 1520. The number of aromatic nitrogens is 3. The molecule has 4 aromatic rings. The van der Waals surface area contributed by atoms with Gasteiger partial charge in [-0.2, -0.15) is 5.10 Å². The van der Waals surface area contributed by atoms with Gasteiger partial charge in [0.25, 0.3) is 5.91 Å². The molecule has 8 nitrogen and oxygen atoms in total. The Morgan fingerprint density at radius 3 is 2.50 bits per heavy atom. The molecule has 3 aliphatic heterocycles. The van der Waals surface area contributed by atoms with Crippen LogP contribution in [0.4, 0.5) is 0 Å². The average molecular weight is 566 g/mol. The second kappa shape index (κ2) is 11.5. The highest BCUT2D eigenvalue weighted by molar-refractivity contribution is 6.01. The van der Waals surface area contributed by atoms with Crippen LogP contribution in [-0.4, -0.2) is 63.4 Å². The molecule has 2 aromatic heterocycles. The van der Waals surface area contributed by atoms with Gasteiger partial charge in [0.15, 0.2) is 0 Å². The van der Waals surface area contributed by atoms with Crippen LogP contribution in [0.25, 0.3) is 22.2 Å². The van der Waals surface area contributed by atoms with E-state index in [0.717, 1.165) is 66.1 Å². The lowest BCUT2D eigenvalue weighted by atomic mass is 9.96. The number of H-pyrrole nitrogens is 1. The zero-order valence-electron chi connectivity index (χ0n) is 24.3. The molecule has 218 valence electrons. The zero-order chi connectivity index (χ0) is 28.6. The van der Waals surface area contributed by atoms with Crippen LogP contribution in [-0.2, 0) is 4.74 Å². The summed E-state index contributed by atoms with van der Waals surface area (Å²) in [4.78, 5) is 20.6. The largest absolute Gasteiger partial charge is 0.490 e. The van der Waals surface area contributed by atoms with E-state index in [2.05, 4.69) is 51.4 Å². The SMILES string of the molecule is CC(C)CC(NC(=O)c1ccc2[nH]nc(-c3ccc(OC4CC5CCC(C4)N5C4COC4)cc3)c2c1)c1ccccn1. The number of hydrogen-bond acceptors (Lipinski definition) is 6. The van der Waals surface area contributed by atoms with Crippen LogP contribution < -0.4 is 10.1 Å². The van der Waals surface area contributed by atoms with Gasteiger partial charge in [0.2, 0.25) is 0 Å². The molecule has 2 aromatic carbocycles. The minimum Gasteiger partial charge on any atom is -0.490 e. The van der Waals surface area contributed by atoms with Gasteiger partial charge >= 0.3 is 0 Å². The van der Waals surface area contributed by atoms with Crippen molar-refractivity contribution >= 4 is 16.8 Å². The predicted octanol–water partition coefficient (Wildman–Crippen LogP) is 5.92. The molecule has 3 saturated heterocycles. The van der Waals surface area contributed by atoms with Crippen LogP contribution in [0.1, 0.15) is 68.0 Å². The summed E-state index contributed by atoms with van der Waals surface area (Å²) in [6.07, 6.45) is 7.55. The topological polar surface area (TPSA) is 92.4 Å². The number of pyridine rings is 1. The van der Waals surface area contributed by atoms with Crippen molar-refractivity contribution in [2.75, 3.05) is 13.2 Å². The van der Waals surface area contributed by atoms with E-state index in [0.29, 0.717) is 29.6 Å². The van der Waals surface area contributed by atoms with E-state index in [1.165, 1.54) is 12.8 Å². The van der Waals surface area contributed by atoms with Gasteiger partial charge in [0.05, 0.1) is 42.2 Å². The number of amides is 1. The van der Waals surface area contributed by atoms with Crippen molar-refractivity contribution < 1.29 is 14.3 Å². The van der Waals surface area contributed by atoms with Crippen LogP contribution in [0.15, 0.2) is 66.9 Å².